The number of terminal acetylenes is 2. The van der Waals surface area contributed by atoms with E-state index in [1.165, 1.54) is 11.8 Å². The summed E-state index contributed by atoms with van der Waals surface area (Å²) < 4.78 is 0.788. The minimum absolute atomic E-state index is 0.0255. The van der Waals surface area contributed by atoms with E-state index in [-0.39, 0.29) is 11.3 Å². The fourth-order valence-electron chi connectivity index (χ4n) is 0.897. The summed E-state index contributed by atoms with van der Waals surface area (Å²) in [6.07, 6.45) is 10.6. The third-order valence-electron chi connectivity index (χ3n) is 1.55. The molecule has 11 heavy (non-hydrogen) atoms. The summed E-state index contributed by atoms with van der Waals surface area (Å²) in [6, 6.07) is -0.0301. The largest absolute Gasteiger partial charge is 0.345 e. The van der Waals surface area contributed by atoms with Gasteiger partial charge in [0.2, 0.25) is 0 Å². The van der Waals surface area contributed by atoms with Crippen LogP contribution in [0.1, 0.15) is 0 Å². The van der Waals surface area contributed by atoms with Gasteiger partial charge in [-0.05, 0) is 0 Å². The molecule has 0 N–H and O–H groups in total. The predicted octanol–water partition coefficient (Wildman–Crippen LogP) is 0.954. The van der Waals surface area contributed by atoms with Crippen LogP contribution in [0.4, 0.5) is 0 Å². The molecule has 1 saturated heterocycles. The highest BCUT2D eigenvalue weighted by Gasteiger charge is 2.33. The van der Waals surface area contributed by atoms with E-state index in [1.807, 2.05) is 11.9 Å². The van der Waals surface area contributed by atoms with Crippen molar-refractivity contribution in [2.45, 2.75) is 11.3 Å². The molecule has 3 heteroatoms. The Morgan fingerprint density at radius 2 is 2.18 bits per heavy atom. The zero-order chi connectivity index (χ0) is 8.43. The Morgan fingerprint density at radius 1 is 1.55 bits per heavy atom. The van der Waals surface area contributed by atoms with Crippen molar-refractivity contribution in [3.8, 4) is 24.7 Å². The van der Waals surface area contributed by atoms with Gasteiger partial charge < -0.3 is 4.90 Å². The first-order valence-corrected chi connectivity index (χ1v) is 4.35. The Labute approximate surface area is 76.5 Å². The fourth-order valence-corrected chi connectivity index (χ4v) is 2.28. The molecule has 0 radical (unpaired) electrons. The Kier molecular flexibility index (Phi) is 2.44. The second kappa shape index (κ2) is 3.17. The molecule has 0 bridgehead atoms. The van der Waals surface area contributed by atoms with Crippen LogP contribution in [0.5, 0.6) is 0 Å². The van der Waals surface area contributed by atoms with Crippen molar-refractivity contribution in [1.82, 2.24) is 4.90 Å². The lowest BCUT2D eigenvalue weighted by Gasteiger charge is -2.15. The standard InChI is InChI=1S/C8H7NS2/c1-4-6-7(5-2)11-8(10)9(6)3/h1-2,6-7H,3H3. The van der Waals surface area contributed by atoms with Crippen molar-refractivity contribution in [2.24, 2.45) is 0 Å². The maximum Gasteiger partial charge on any atom is 0.138 e. The van der Waals surface area contributed by atoms with Gasteiger partial charge in [0.15, 0.2) is 0 Å². The molecule has 2 atom stereocenters. The molecule has 1 aliphatic heterocycles. The van der Waals surface area contributed by atoms with E-state index in [2.05, 4.69) is 11.8 Å². The summed E-state index contributed by atoms with van der Waals surface area (Å²) in [5.41, 5.74) is 0. The predicted molar refractivity (Wildman–Crippen MR) is 53.2 cm³/mol. The lowest BCUT2D eigenvalue weighted by atomic mass is 10.2. The highest BCUT2D eigenvalue weighted by molar-refractivity contribution is 8.23. The van der Waals surface area contributed by atoms with E-state index in [0.717, 1.165) is 4.32 Å². The van der Waals surface area contributed by atoms with E-state index in [1.54, 1.807) is 0 Å². The average molecular weight is 181 g/mol. The maximum atomic E-state index is 5.29. The van der Waals surface area contributed by atoms with Crippen LogP contribution in [0, 0.1) is 24.7 Å². The zero-order valence-corrected chi connectivity index (χ0v) is 7.71. The number of nitrogens with zero attached hydrogens (tertiary/aromatic N) is 1. The molecule has 0 aromatic carbocycles. The first kappa shape index (κ1) is 8.46. The first-order chi connectivity index (χ1) is 5.20. The van der Waals surface area contributed by atoms with Crippen LogP contribution in [0.3, 0.4) is 0 Å². The quantitative estimate of drug-likeness (QED) is 0.405. The molecular weight excluding hydrogens is 174 g/mol. The van der Waals surface area contributed by atoms with Crippen molar-refractivity contribution >= 4 is 28.3 Å². The van der Waals surface area contributed by atoms with Crippen LogP contribution in [0.25, 0.3) is 0 Å². The number of hydrogen-bond acceptors (Lipinski definition) is 2. The molecule has 0 spiro atoms. The number of hydrogen-bond donors (Lipinski definition) is 0. The van der Waals surface area contributed by atoms with Gasteiger partial charge in [0.25, 0.3) is 0 Å². The molecule has 56 valence electrons. The molecule has 1 nitrogen and oxygen atoms in total. The zero-order valence-electron chi connectivity index (χ0n) is 6.07. The number of thioether (sulfide) groups is 1. The van der Waals surface area contributed by atoms with E-state index in [9.17, 15) is 0 Å². The third-order valence-corrected chi connectivity index (χ3v) is 3.27. The third kappa shape index (κ3) is 1.35. The van der Waals surface area contributed by atoms with Crippen molar-refractivity contribution in [2.75, 3.05) is 7.05 Å². The first-order valence-electron chi connectivity index (χ1n) is 3.06. The summed E-state index contributed by atoms with van der Waals surface area (Å²) in [5, 5.41) is 0.0255. The van der Waals surface area contributed by atoms with Gasteiger partial charge in [0.1, 0.15) is 15.6 Å². The Hall–Kier alpha value is -0.640. The Morgan fingerprint density at radius 3 is 2.55 bits per heavy atom. The van der Waals surface area contributed by atoms with Gasteiger partial charge in [-0.3, -0.25) is 0 Å². The van der Waals surface area contributed by atoms with Crippen molar-refractivity contribution in [1.29, 1.82) is 0 Å². The fraction of sp³-hybridized carbons (Fsp3) is 0.375. The Bertz CT molecular complexity index is 258. The number of thiocarbonyl (C=S) groups is 1. The van der Waals surface area contributed by atoms with Crippen LogP contribution in [-0.4, -0.2) is 27.6 Å². The van der Waals surface area contributed by atoms with Gasteiger partial charge in [-0.1, -0.05) is 35.8 Å². The van der Waals surface area contributed by atoms with Crippen LogP contribution in [-0.2, 0) is 0 Å². The normalized spacial score (nSPS) is 29.7. The van der Waals surface area contributed by atoms with Gasteiger partial charge in [0, 0.05) is 7.05 Å². The maximum absolute atomic E-state index is 5.29. The highest BCUT2D eigenvalue weighted by Crippen LogP contribution is 2.29. The molecule has 1 rings (SSSR count). The Balaban J connectivity index is 2.85. The topological polar surface area (TPSA) is 3.24 Å². The van der Waals surface area contributed by atoms with Crippen LogP contribution < -0.4 is 0 Å². The molecule has 0 aromatic heterocycles. The van der Waals surface area contributed by atoms with Gasteiger partial charge in [0.05, 0.1) is 0 Å². The smallest absolute Gasteiger partial charge is 0.138 e. The van der Waals surface area contributed by atoms with Crippen LogP contribution >= 0.6 is 24.0 Å². The van der Waals surface area contributed by atoms with E-state index < -0.39 is 0 Å². The summed E-state index contributed by atoms with van der Waals surface area (Å²) in [4.78, 5) is 1.87. The lowest BCUT2D eigenvalue weighted by Crippen LogP contribution is -2.31. The van der Waals surface area contributed by atoms with Gasteiger partial charge in [-0.25, -0.2) is 0 Å². The second-order valence-electron chi connectivity index (χ2n) is 2.19. The molecular formula is C8H7NS2. The summed E-state index contributed by atoms with van der Waals surface area (Å²) in [6.45, 7) is 0. The minimum atomic E-state index is -0.0301. The van der Waals surface area contributed by atoms with Crippen LogP contribution in [0.2, 0.25) is 0 Å². The number of rotatable bonds is 0. The summed E-state index contributed by atoms with van der Waals surface area (Å²) in [7, 11) is 1.87. The average Bonchev–Trinajstić information content (AvgIpc) is 2.28. The molecule has 0 saturated carbocycles. The SMILES string of the molecule is C#CC1SC(=S)N(C)C1C#C. The molecule has 1 heterocycles. The highest BCUT2D eigenvalue weighted by atomic mass is 32.2. The van der Waals surface area contributed by atoms with E-state index >= 15 is 0 Å². The van der Waals surface area contributed by atoms with Crippen molar-refractivity contribution in [3.05, 3.63) is 0 Å². The van der Waals surface area contributed by atoms with E-state index in [0.29, 0.717) is 0 Å². The summed E-state index contributed by atoms with van der Waals surface area (Å²) in [5.74, 6) is 5.24. The molecule has 1 fully saturated rings. The summed E-state index contributed by atoms with van der Waals surface area (Å²) >= 11 is 6.51. The molecule has 2 unspecified atom stereocenters. The lowest BCUT2D eigenvalue weighted by molar-refractivity contribution is 0.478. The molecule has 0 aromatic rings. The van der Waals surface area contributed by atoms with Crippen LogP contribution in [0.15, 0.2) is 0 Å². The van der Waals surface area contributed by atoms with Gasteiger partial charge >= 0.3 is 0 Å². The molecule has 0 amide bonds. The monoisotopic (exact) mass is 181 g/mol. The molecule has 1 aliphatic rings. The van der Waals surface area contributed by atoms with Gasteiger partial charge in [-0.15, -0.1) is 12.8 Å². The van der Waals surface area contributed by atoms with Crippen molar-refractivity contribution in [3.63, 3.8) is 0 Å². The second-order valence-corrected chi connectivity index (χ2v) is 3.97. The minimum Gasteiger partial charge on any atom is -0.345 e. The molecule has 0 aliphatic carbocycles. The van der Waals surface area contributed by atoms with Gasteiger partial charge in [-0.2, -0.15) is 0 Å². The van der Waals surface area contributed by atoms with E-state index in [4.69, 9.17) is 25.1 Å². The van der Waals surface area contributed by atoms with Crippen molar-refractivity contribution < 1.29 is 0 Å².